The number of thioether (sulfide) groups is 1. The predicted molar refractivity (Wildman–Crippen MR) is 41.2 cm³/mol. The van der Waals surface area contributed by atoms with Gasteiger partial charge in [0.2, 0.25) is 6.79 Å². The van der Waals surface area contributed by atoms with Gasteiger partial charge in [-0.25, -0.2) is 4.79 Å². The van der Waals surface area contributed by atoms with Crippen molar-refractivity contribution in [1.29, 1.82) is 0 Å². The average molecular weight is 178 g/mol. The van der Waals surface area contributed by atoms with Crippen LogP contribution in [0.2, 0.25) is 0 Å². The van der Waals surface area contributed by atoms with Crippen LogP contribution in [0.4, 0.5) is 4.79 Å². The highest BCUT2D eigenvalue weighted by Crippen LogP contribution is 2.03. The monoisotopic (exact) mass is 178 g/mol. The molecule has 11 heavy (non-hydrogen) atoms. The SMILES string of the molecule is CCSC(=O)OCOC(C)=O. The van der Waals surface area contributed by atoms with Gasteiger partial charge in [0.15, 0.2) is 0 Å². The lowest BCUT2D eigenvalue weighted by molar-refractivity contribution is -0.148. The fourth-order valence-corrected chi connectivity index (χ4v) is 0.687. The molecule has 0 aromatic heterocycles. The van der Waals surface area contributed by atoms with Gasteiger partial charge < -0.3 is 9.47 Å². The molecule has 0 amide bonds. The third-order valence-corrected chi connectivity index (χ3v) is 1.34. The highest BCUT2D eigenvalue weighted by molar-refractivity contribution is 8.13. The molecule has 0 atom stereocenters. The van der Waals surface area contributed by atoms with Crippen molar-refractivity contribution in [2.24, 2.45) is 0 Å². The Hall–Kier alpha value is -0.710. The van der Waals surface area contributed by atoms with Crippen LogP contribution in [0.3, 0.4) is 0 Å². The van der Waals surface area contributed by atoms with Gasteiger partial charge >= 0.3 is 11.3 Å². The second-order valence-electron chi connectivity index (χ2n) is 1.58. The van der Waals surface area contributed by atoms with Gasteiger partial charge in [-0.3, -0.25) is 4.79 Å². The van der Waals surface area contributed by atoms with Gasteiger partial charge in [0.1, 0.15) is 0 Å². The first-order valence-electron chi connectivity index (χ1n) is 3.09. The normalized spacial score (nSPS) is 8.91. The standard InChI is InChI=1S/C6H10O4S/c1-3-11-6(8)10-4-9-5(2)7/h3-4H2,1-2H3. The Kier molecular flexibility index (Phi) is 5.64. The van der Waals surface area contributed by atoms with E-state index in [9.17, 15) is 9.59 Å². The van der Waals surface area contributed by atoms with E-state index in [0.717, 1.165) is 11.8 Å². The van der Waals surface area contributed by atoms with Crippen LogP contribution in [0, 0.1) is 0 Å². The Morgan fingerprint density at radius 3 is 2.45 bits per heavy atom. The van der Waals surface area contributed by atoms with E-state index in [1.807, 2.05) is 6.92 Å². The Morgan fingerprint density at radius 1 is 1.36 bits per heavy atom. The second-order valence-corrected chi connectivity index (χ2v) is 2.78. The third kappa shape index (κ3) is 7.18. The Labute approximate surface area is 69.2 Å². The van der Waals surface area contributed by atoms with E-state index < -0.39 is 11.3 Å². The maximum absolute atomic E-state index is 10.6. The first kappa shape index (κ1) is 10.3. The van der Waals surface area contributed by atoms with E-state index in [1.165, 1.54) is 6.92 Å². The van der Waals surface area contributed by atoms with Gasteiger partial charge in [-0.05, 0) is 11.8 Å². The number of ether oxygens (including phenoxy) is 2. The quantitative estimate of drug-likeness (QED) is 0.483. The summed E-state index contributed by atoms with van der Waals surface area (Å²) in [7, 11) is 0. The van der Waals surface area contributed by atoms with Gasteiger partial charge in [-0.15, -0.1) is 0 Å². The zero-order chi connectivity index (χ0) is 8.69. The summed E-state index contributed by atoms with van der Waals surface area (Å²) in [5, 5.41) is -0.422. The van der Waals surface area contributed by atoms with Crippen LogP contribution in [0.15, 0.2) is 0 Å². The van der Waals surface area contributed by atoms with Crippen LogP contribution in [-0.4, -0.2) is 23.8 Å². The molecule has 0 aliphatic rings. The highest BCUT2D eigenvalue weighted by Gasteiger charge is 2.01. The number of hydrogen-bond donors (Lipinski definition) is 0. The molecule has 0 aromatic rings. The number of carbonyl (C=O) groups excluding carboxylic acids is 2. The molecular weight excluding hydrogens is 168 g/mol. The number of rotatable bonds is 3. The third-order valence-electron chi connectivity index (χ3n) is 0.701. The maximum atomic E-state index is 10.6. The van der Waals surface area contributed by atoms with Crippen LogP contribution in [0.25, 0.3) is 0 Å². The average Bonchev–Trinajstić information content (AvgIpc) is 1.87. The second kappa shape index (κ2) is 6.03. The molecule has 5 heteroatoms. The van der Waals surface area contributed by atoms with Gasteiger partial charge in [-0.2, -0.15) is 0 Å². The van der Waals surface area contributed by atoms with Crippen molar-refractivity contribution in [1.82, 2.24) is 0 Å². The van der Waals surface area contributed by atoms with Crippen molar-refractivity contribution in [3.63, 3.8) is 0 Å². The molecule has 0 fully saturated rings. The van der Waals surface area contributed by atoms with Gasteiger partial charge in [0, 0.05) is 12.7 Å². The smallest absolute Gasteiger partial charge is 0.370 e. The van der Waals surface area contributed by atoms with Crippen molar-refractivity contribution in [2.45, 2.75) is 13.8 Å². The van der Waals surface area contributed by atoms with E-state index in [0.29, 0.717) is 5.75 Å². The first-order valence-corrected chi connectivity index (χ1v) is 4.08. The zero-order valence-corrected chi connectivity index (χ0v) is 7.27. The van der Waals surface area contributed by atoms with Crippen LogP contribution in [0.5, 0.6) is 0 Å². The molecule has 0 saturated carbocycles. The molecule has 0 aliphatic carbocycles. The summed E-state index contributed by atoms with van der Waals surface area (Å²) in [4.78, 5) is 20.7. The van der Waals surface area contributed by atoms with Crippen LogP contribution in [-0.2, 0) is 14.3 Å². The van der Waals surface area contributed by atoms with Crippen LogP contribution >= 0.6 is 11.8 Å². The molecule has 0 radical (unpaired) electrons. The summed E-state index contributed by atoms with van der Waals surface area (Å²) in [5.74, 6) is 0.193. The van der Waals surface area contributed by atoms with E-state index in [1.54, 1.807) is 0 Å². The maximum Gasteiger partial charge on any atom is 0.370 e. The van der Waals surface area contributed by atoms with Crippen LogP contribution < -0.4 is 0 Å². The molecule has 0 heterocycles. The summed E-state index contributed by atoms with van der Waals surface area (Å²) in [5.41, 5.74) is 0. The topological polar surface area (TPSA) is 52.6 Å². The van der Waals surface area contributed by atoms with Gasteiger partial charge in [0.05, 0.1) is 0 Å². The minimum atomic E-state index is -0.459. The number of hydrogen-bond acceptors (Lipinski definition) is 5. The van der Waals surface area contributed by atoms with E-state index in [4.69, 9.17) is 0 Å². The molecule has 64 valence electrons. The molecular formula is C6H10O4S. The number of carbonyl (C=O) groups is 2. The Bertz CT molecular complexity index is 146. The molecule has 4 nitrogen and oxygen atoms in total. The lowest BCUT2D eigenvalue weighted by Crippen LogP contribution is -2.06. The lowest BCUT2D eigenvalue weighted by atomic mass is 10.8. The van der Waals surface area contributed by atoms with E-state index in [2.05, 4.69) is 9.47 Å². The summed E-state index contributed by atoms with van der Waals surface area (Å²) in [6.07, 6.45) is 0. The van der Waals surface area contributed by atoms with E-state index >= 15 is 0 Å². The fraction of sp³-hybridized carbons (Fsp3) is 0.667. The zero-order valence-electron chi connectivity index (χ0n) is 6.46. The molecule has 0 bridgehead atoms. The summed E-state index contributed by atoms with van der Waals surface area (Å²) in [6, 6.07) is 0. The van der Waals surface area contributed by atoms with Crippen molar-refractivity contribution < 1.29 is 19.1 Å². The fourth-order valence-electron chi connectivity index (χ4n) is 0.320. The molecule has 0 rings (SSSR count). The molecule has 0 spiro atoms. The highest BCUT2D eigenvalue weighted by atomic mass is 32.2. The van der Waals surface area contributed by atoms with Crippen molar-refractivity contribution in [3.8, 4) is 0 Å². The Morgan fingerprint density at radius 2 is 2.00 bits per heavy atom. The predicted octanol–water partition coefficient (Wildman–Crippen LogP) is 1.40. The largest absolute Gasteiger partial charge is 0.428 e. The molecule has 0 unspecified atom stereocenters. The van der Waals surface area contributed by atoms with Crippen molar-refractivity contribution in [2.75, 3.05) is 12.5 Å². The van der Waals surface area contributed by atoms with Crippen molar-refractivity contribution >= 4 is 23.0 Å². The van der Waals surface area contributed by atoms with Crippen molar-refractivity contribution in [3.05, 3.63) is 0 Å². The molecule has 0 aliphatic heterocycles. The van der Waals surface area contributed by atoms with E-state index in [-0.39, 0.29) is 6.79 Å². The van der Waals surface area contributed by atoms with Gasteiger partial charge in [0.25, 0.3) is 0 Å². The van der Waals surface area contributed by atoms with Gasteiger partial charge in [-0.1, -0.05) is 6.92 Å². The molecule has 0 N–H and O–H groups in total. The molecule has 0 aromatic carbocycles. The van der Waals surface area contributed by atoms with Crippen LogP contribution in [0.1, 0.15) is 13.8 Å². The number of esters is 1. The summed E-state index contributed by atoms with van der Waals surface area (Å²) >= 11 is 1.03. The minimum absolute atomic E-state index is 0.291. The molecule has 0 saturated heterocycles. The summed E-state index contributed by atoms with van der Waals surface area (Å²) < 4.78 is 8.84. The summed E-state index contributed by atoms with van der Waals surface area (Å²) in [6.45, 7) is 2.79. The lowest BCUT2D eigenvalue weighted by Gasteiger charge is -2.01. The first-order chi connectivity index (χ1) is 5.16. The minimum Gasteiger partial charge on any atom is -0.428 e. The Balaban J connectivity index is 3.24.